The Labute approximate surface area is 157 Å². The van der Waals surface area contributed by atoms with Crippen LogP contribution in [0.4, 0.5) is 5.69 Å². The molecule has 4 heteroatoms. The highest BCUT2D eigenvalue weighted by Crippen LogP contribution is 2.24. The first-order valence-corrected chi connectivity index (χ1v) is 10.3. The molecule has 1 aromatic heterocycles. The molecule has 0 radical (unpaired) electrons. The highest BCUT2D eigenvalue weighted by Gasteiger charge is 2.20. The van der Waals surface area contributed by atoms with Gasteiger partial charge in [-0.15, -0.1) is 0 Å². The molecule has 0 saturated carbocycles. The van der Waals surface area contributed by atoms with Gasteiger partial charge in [-0.2, -0.15) is 5.10 Å². The van der Waals surface area contributed by atoms with E-state index in [-0.39, 0.29) is 0 Å². The number of hydrogen-bond donors (Lipinski definition) is 0. The van der Waals surface area contributed by atoms with Gasteiger partial charge in [-0.05, 0) is 69.7 Å². The molecule has 1 aliphatic heterocycles. The Kier molecular flexibility index (Phi) is 5.30. The fraction of sp³-hybridized carbons (Fsp3) is 0.591. The summed E-state index contributed by atoms with van der Waals surface area (Å²) < 4.78 is 2.16. The Balaban J connectivity index is 1.25. The van der Waals surface area contributed by atoms with Crippen LogP contribution in [0, 0.1) is 6.92 Å². The van der Waals surface area contributed by atoms with E-state index in [4.69, 9.17) is 5.10 Å². The van der Waals surface area contributed by atoms with Gasteiger partial charge in [0.25, 0.3) is 0 Å². The van der Waals surface area contributed by atoms with E-state index in [1.54, 1.807) is 5.56 Å². The maximum absolute atomic E-state index is 4.76. The van der Waals surface area contributed by atoms with E-state index >= 15 is 0 Å². The van der Waals surface area contributed by atoms with Gasteiger partial charge >= 0.3 is 0 Å². The van der Waals surface area contributed by atoms with E-state index in [9.17, 15) is 0 Å². The quantitative estimate of drug-likeness (QED) is 0.825. The number of nitrogens with zero attached hydrogens (tertiary/aromatic N) is 4. The molecule has 140 valence electrons. The molecule has 1 saturated heterocycles. The van der Waals surface area contributed by atoms with Gasteiger partial charge in [0, 0.05) is 44.6 Å². The average molecular weight is 353 g/mol. The third-order valence-electron chi connectivity index (χ3n) is 6.11. The molecule has 2 heterocycles. The van der Waals surface area contributed by atoms with Crippen molar-refractivity contribution in [3.05, 3.63) is 46.8 Å². The van der Waals surface area contributed by atoms with Crippen molar-refractivity contribution in [2.75, 3.05) is 37.6 Å². The van der Waals surface area contributed by atoms with Crippen molar-refractivity contribution in [3.8, 4) is 0 Å². The minimum absolute atomic E-state index is 1.14. The zero-order valence-electron chi connectivity index (χ0n) is 16.4. The van der Waals surface area contributed by atoms with Crippen LogP contribution in [0.25, 0.3) is 0 Å². The molecule has 2 aliphatic rings. The van der Waals surface area contributed by atoms with E-state index in [0.29, 0.717) is 0 Å². The number of hydrogen-bond acceptors (Lipinski definition) is 3. The Morgan fingerprint density at radius 3 is 2.46 bits per heavy atom. The van der Waals surface area contributed by atoms with Crippen LogP contribution in [0.15, 0.2) is 24.3 Å². The SMILES string of the molecule is Cc1ccc(N2CCN(CCCc3c4c(nn3C)CCCC4)CC2)cc1. The second kappa shape index (κ2) is 7.83. The zero-order chi connectivity index (χ0) is 17.9. The van der Waals surface area contributed by atoms with Crippen molar-refractivity contribution in [1.29, 1.82) is 0 Å². The second-order valence-electron chi connectivity index (χ2n) is 7.97. The highest BCUT2D eigenvalue weighted by molar-refractivity contribution is 5.47. The van der Waals surface area contributed by atoms with Gasteiger partial charge < -0.3 is 4.90 Å². The van der Waals surface area contributed by atoms with Crippen LogP contribution < -0.4 is 4.90 Å². The molecule has 0 atom stereocenters. The molecule has 1 fully saturated rings. The molecule has 0 amide bonds. The van der Waals surface area contributed by atoms with Gasteiger partial charge in [-0.25, -0.2) is 0 Å². The lowest BCUT2D eigenvalue weighted by molar-refractivity contribution is 0.254. The summed E-state index contributed by atoms with van der Waals surface area (Å²) in [5.74, 6) is 0. The van der Waals surface area contributed by atoms with Crippen molar-refractivity contribution < 1.29 is 0 Å². The molecule has 4 rings (SSSR count). The molecule has 26 heavy (non-hydrogen) atoms. The van der Waals surface area contributed by atoms with Crippen molar-refractivity contribution in [2.45, 2.75) is 45.4 Å². The van der Waals surface area contributed by atoms with Crippen LogP contribution >= 0.6 is 0 Å². The minimum Gasteiger partial charge on any atom is -0.369 e. The van der Waals surface area contributed by atoms with Gasteiger partial charge in [-0.3, -0.25) is 9.58 Å². The molecule has 2 aromatic rings. The van der Waals surface area contributed by atoms with Gasteiger partial charge in [-0.1, -0.05) is 17.7 Å². The van der Waals surface area contributed by atoms with Crippen molar-refractivity contribution in [1.82, 2.24) is 14.7 Å². The Hall–Kier alpha value is -1.81. The molecule has 1 aromatic carbocycles. The molecule has 0 bridgehead atoms. The molecule has 0 N–H and O–H groups in total. The van der Waals surface area contributed by atoms with E-state index < -0.39 is 0 Å². The summed E-state index contributed by atoms with van der Waals surface area (Å²) in [7, 11) is 2.13. The number of fused-ring (bicyclic) bond motifs is 1. The van der Waals surface area contributed by atoms with Gasteiger partial charge in [0.1, 0.15) is 0 Å². The number of benzene rings is 1. The Morgan fingerprint density at radius 1 is 0.962 bits per heavy atom. The predicted molar refractivity (Wildman–Crippen MR) is 108 cm³/mol. The molecule has 1 aliphatic carbocycles. The van der Waals surface area contributed by atoms with Crippen LogP contribution in [0.2, 0.25) is 0 Å². The Morgan fingerprint density at radius 2 is 1.69 bits per heavy atom. The minimum atomic E-state index is 1.14. The fourth-order valence-corrected chi connectivity index (χ4v) is 4.52. The largest absolute Gasteiger partial charge is 0.369 e. The number of aromatic nitrogens is 2. The highest BCUT2D eigenvalue weighted by atomic mass is 15.3. The molecule has 0 spiro atoms. The number of rotatable bonds is 5. The van der Waals surface area contributed by atoms with Crippen LogP contribution in [0.5, 0.6) is 0 Å². The first kappa shape index (κ1) is 17.6. The van der Waals surface area contributed by atoms with E-state index in [0.717, 1.165) is 13.1 Å². The standard InChI is InChI=1S/C22H32N4/c1-18-9-11-19(12-10-18)26-16-14-25(15-17-26)13-5-8-22-20-6-3-4-7-21(20)23-24(22)2/h9-12H,3-8,13-17H2,1-2H3. The smallest absolute Gasteiger partial charge is 0.0659 e. The van der Waals surface area contributed by atoms with Crippen LogP contribution in [-0.2, 0) is 26.3 Å². The predicted octanol–water partition coefficient (Wildman–Crippen LogP) is 3.36. The first-order valence-electron chi connectivity index (χ1n) is 10.3. The lowest BCUT2D eigenvalue weighted by Crippen LogP contribution is -2.46. The summed E-state index contributed by atoms with van der Waals surface area (Å²) in [5.41, 5.74) is 7.16. The number of aryl methyl sites for hydroxylation is 3. The summed E-state index contributed by atoms with van der Waals surface area (Å²) in [6, 6.07) is 8.96. The summed E-state index contributed by atoms with van der Waals surface area (Å²) in [5, 5.41) is 4.76. The van der Waals surface area contributed by atoms with E-state index in [2.05, 4.69) is 52.7 Å². The van der Waals surface area contributed by atoms with E-state index in [1.807, 2.05) is 0 Å². The normalized spacial score (nSPS) is 18.2. The molecular formula is C22H32N4. The second-order valence-corrected chi connectivity index (χ2v) is 7.97. The summed E-state index contributed by atoms with van der Waals surface area (Å²) >= 11 is 0. The maximum atomic E-state index is 4.76. The van der Waals surface area contributed by atoms with Gasteiger partial charge in [0.2, 0.25) is 0 Å². The number of anilines is 1. The van der Waals surface area contributed by atoms with Crippen LogP contribution in [-0.4, -0.2) is 47.4 Å². The number of piperazine rings is 1. The summed E-state index contributed by atoms with van der Waals surface area (Å²) in [6.45, 7) is 8.01. The molecule has 4 nitrogen and oxygen atoms in total. The summed E-state index contributed by atoms with van der Waals surface area (Å²) in [6.07, 6.45) is 7.51. The summed E-state index contributed by atoms with van der Waals surface area (Å²) in [4.78, 5) is 5.15. The lowest BCUT2D eigenvalue weighted by atomic mass is 9.94. The third kappa shape index (κ3) is 3.80. The Bertz CT molecular complexity index is 723. The first-order chi connectivity index (χ1) is 12.7. The lowest BCUT2D eigenvalue weighted by Gasteiger charge is -2.36. The van der Waals surface area contributed by atoms with Crippen molar-refractivity contribution >= 4 is 5.69 Å². The topological polar surface area (TPSA) is 24.3 Å². The monoisotopic (exact) mass is 352 g/mol. The zero-order valence-corrected chi connectivity index (χ0v) is 16.4. The van der Waals surface area contributed by atoms with Crippen molar-refractivity contribution in [3.63, 3.8) is 0 Å². The molecular weight excluding hydrogens is 320 g/mol. The van der Waals surface area contributed by atoms with E-state index in [1.165, 1.54) is 80.8 Å². The fourth-order valence-electron chi connectivity index (χ4n) is 4.52. The molecule has 0 unspecified atom stereocenters. The van der Waals surface area contributed by atoms with Gasteiger partial charge in [0.05, 0.1) is 5.69 Å². The van der Waals surface area contributed by atoms with Crippen LogP contribution in [0.3, 0.4) is 0 Å². The average Bonchev–Trinajstić information content (AvgIpc) is 2.99. The van der Waals surface area contributed by atoms with Crippen molar-refractivity contribution in [2.24, 2.45) is 7.05 Å². The third-order valence-corrected chi connectivity index (χ3v) is 6.11. The van der Waals surface area contributed by atoms with Crippen LogP contribution in [0.1, 0.15) is 41.8 Å². The maximum Gasteiger partial charge on any atom is 0.0659 e. The van der Waals surface area contributed by atoms with Gasteiger partial charge in [0.15, 0.2) is 0 Å².